The molecular formula is C21H27FO3. The van der Waals surface area contributed by atoms with Crippen LogP contribution in [-0.2, 0) is 6.61 Å². The van der Waals surface area contributed by atoms with Crippen molar-refractivity contribution < 1.29 is 19.0 Å². The molecule has 0 heterocycles. The third kappa shape index (κ3) is 7.21. The lowest BCUT2D eigenvalue weighted by atomic mass is 10.1. The highest BCUT2D eigenvalue weighted by Crippen LogP contribution is 2.23. The largest absolute Gasteiger partial charge is 0.489 e. The van der Waals surface area contributed by atoms with Crippen LogP contribution in [0.1, 0.15) is 56.1 Å². The van der Waals surface area contributed by atoms with Crippen molar-refractivity contribution in [1.29, 1.82) is 0 Å². The van der Waals surface area contributed by atoms with E-state index < -0.39 is 5.97 Å². The summed E-state index contributed by atoms with van der Waals surface area (Å²) in [6.45, 7) is 13.6. The maximum Gasteiger partial charge on any atom is 0.335 e. The van der Waals surface area contributed by atoms with E-state index in [9.17, 15) is 9.18 Å². The number of carboxylic acid groups (broad SMARTS) is 1. The van der Waals surface area contributed by atoms with E-state index in [0.29, 0.717) is 16.9 Å². The number of rotatable bonds is 5. The second-order valence-electron chi connectivity index (χ2n) is 4.71. The van der Waals surface area contributed by atoms with Crippen LogP contribution in [-0.4, -0.2) is 11.1 Å². The molecule has 0 aliphatic heterocycles. The first-order valence-corrected chi connectivity index (χ1v) is 8.38. The molecule has 0 spiro atoms. The summed E-state index contributed by atoms with van der Waals surface area (Å²) in [7, 11) is 0. The predicted octanol–water partition coefficient (Wildman–Crippen LogP) is 6.19. The van der Waals surface area contributed by atoms with Gasteiger partial charge in [-0.3, -0.25) is 0 Å². The van der Waals surface area contributed by atoms with Gasteiger partial charge >= 0.3 is 5.97 Å². The zero-order valence-corrected chi connectivity index (χ0v) is 15.6. The molecule has 0 unspecified atom stereocenters. The summed E-state index contributed by atoms with van der Waals surface area (Å²) in [5.41, 5.74) is 1.93. The Balaban J connectivity index is 0.00000134. The van der Waals surface area contributed by atoms with Gasteiger partial charge in [0.25, 0.3) is 0 Å². The van der Waals surface area contributed by atoms with Gasteiger partial charge in [-0.15, -0.1) is 0 Å². The lowest BCUT2D eigenvalue weighted by Crippen LogP contribution is -2.02. The summed E-state index contributed by atoms with van der Waals surface area (Å²) in [4.78, 5) is 11.1. The highest BCUT2D eigenvalue weighted by atomic mass is 19.1. The molecule has 25 heavy (non-hydrogen) atoms. The molecule has 2 aromatic rings. The van der Waals surface area contributed by atoms with Crippen molar-refractivity contribution in [2.75, 3.05) is 0 Å². The number of ether oxygens (including phenoxy) is 1. The number of carboxylic acids is 1. The van der Waals surface area contributed by atoms with Crippen LogP contribution < -0.4 is 4.74 Å². The van der Waals surface area contributed by atoms with Crippen LogP contribution in [0.5, 0.6) is 5.75 Å². The average molecular weight is 346 g/mol. The van der Waals surface area contributed by atoms with E-state index in [4.69, 9.17) is 9.84 Å². The summed E-state index contributed by atoms with van der Waals surface area (Å²) < 4.78 is 19.0. The quantitative estimate of drug-likeness (QED) is 0.702. The zero-order valence-electron chi connectivity index (χ0n) is 15.6. The fraction of sp³-hybridized carbons (Fsp3) is 0.286. The molecule has 1 N–H and O–H groups in total. The Morgan fingerprint density at radius 3 is 2.16 bits per heavy atom. The van der Waals surface area contributed by atoms with Crippen molar-refractivity contribution in [3.8, 4) is 5.75 Å². The summed E-state index contributed by atoms with van der Waals surface area (Å²) in [5.74, 6) is -1.03. The minimum absolute atomic E-state index is 0.0331. The SMILES string of the molecule is C=C(C)c1cc(OCc2ccccc2F)cc(C(=O)O)c1.CC.CC. The number of allylic oxidation sites excluding steroid dienone is 1. The summed E-state index contributed by atoms with van der Waals surface area (Å²) in [5, 5.41) is 9.10. The number of carbonyl (C=O) groups is 1. The first kappa shape index (κ1) is 22.4. The minimum Gasteiger partial charge on any atom is -0.489 e. The second kappa shape index (κ2) is 11.8. The first-order valence-electron chi connectivity index (χ1n) is 8.38. The van der Waals surface area contributed by atoms with Crippen LogP contribution in [0.3, 0.4) is 0 Å². The highest BCUT2D eigenvalue weighted by Gasteiger charge is 2.09. The standard InChI is InChI=1S/C17H15FO3.2C2H6/c1-11(2)13-7-14(17(19)20)9-15(8-13)21-10-12-5-3-4-6-16(12)18;2*1-2/h3-9H,1,10H2,2H3,(H,19,20);2*1-2H3. The van der Waals surface area contributed by atoms with Gasteiger partial charge in [-0.05, 0) is 36.8 Å². The topological polar surface area (TPSA) is 46.5 Å². The van der Waals surface area contributed by atoms with Crippen molar-refractivity contribution in [2.45, 2.75) is 41.2 Å². The van der Waals surface area contributed by atoms with Gasteiger partial charge in [0, 0.05) is 5.56 Å². The average Bonchev–Trinajstić information content (AvgIpc) is 2.64. The van der Waals surface area contributed by atoms with E-state index in [2.05, 4.69) is 6.58 Å². The zero-order chi connectivity index (χ0) is 19.4. The van der Waals surface area contributed by atoms with E-state index in [0.717, 1.165) is 5.57 Å². The smallest absolute Gasteiger partial charge is 0.335 e. The molecule has 0 saturated carbocycles. The van der Waals surface area contributed by atoms with Gasteiger partial charge in [0.2, 0.25) is 0 Å². The minimum atomic E-state index is -1.05. The fourth-order valence-electron chi connectivity index (χ4n) is 1.83. The molecule has 0 bridgehead atoms. The van der Waals surface area contributed by atoms with Gasteiger partial charge in [-0.1, -0.05) is 58.0 Å². The molecule has 0 fully saturated rings. The predicted molar refractivity (Wildman–Crippen MR) is 102 cm³/mol. The molecule has 0 aliphatic rings. The van der Waals surface area contributed by atoms with Gasteiger partial charge in [0.1, 0.15) is 18.2 Å². The maximum absolute atomic E-state index is 13.5. The molecule has 0 radical (unpaired) electrons. The number of aromatic carboxylic acids is 1. The maximum atomic E-state index is 13.5. The monoisotopic (exact) mass is 346 g/mol. The molecule has 0 atom stereocenters. The Bertz CT molecular complexity index is 661. The van der Waals surface area contributed by atoms with Crippen molar-refractivity contribution in [2.24, 2.45) is 0 Å². The second-order valence-corrected chi connectivity index (χ2v) is 4.71. The van der Waals surface area contributed by atoms with Crippen molar-refractivity contribution in [3.05, 3.63) is 71.6 Å². The van der Waals surface area contributed by atoms with E-state index in [1.54, 1.807) is 31.2 Å². The Morgan fingerprint density at radius 1 is 1.08 bits per heavy atom. The van der Waals surface area contributed by atoms with E-state index >= 15 is 0 Å². The number of benzene rings is 2. The van der Waals surface area contributed by atoms with Gasteiger partial charge in [0.15, 0.2) is 0 Å². The van der Waals surface area contributed by atoms with Gasteiger partial charge in [-0.2, -0.15) is 0 Å². The van der Waals surface area contributed by atoms with E-state index in [1.807, 2.05) is 27.7 Å². The van der Waals surface area contributed by atoms with E-state index in [-0.39, 0.29) is 18.0 Å². The van der Waals surface area contributed by atoms with Crippen LogP contribution in [0.4, 0.5) is 4.39 Å². The molecule has 2 rings (SSSR count). The Labute approximate surface area is 149 Å². The normalized spacial score (nSPS) is 9.04. The highest BCUT2D eigenvalue weighted by molar-refractivity contribution is 5.89. The molecule has 2 aromatic carbocycles. The van der Waals surface area contributed by atoms with Gasteiger partial charge in [0.05, 0.1) is 5.56 Å². The Hall–Kier alpha value is -2.62. The van der Waals surface area contributed by atoms with Crippen molar-refractivity contribution >= 4 is 11.5 Å². The summed E-state index contributed by atoms with van der Waals surface area (Å²) >= 11 is 0. The van der Waals surface area contributed by atoms with Crippen LogP contribution in [0.2, 0.25) is 0 Å². The fourth-order valence-corrected chi connectivity index (χ4v) is 1.83. The third-order valence-corrected chi connectivity index (χ3v) is 3.00. The van der Waals surface area contributed by atoms with E-state index in [1.165, 1.54) is 18.2 Å². The molecule has 0 amide bonds. The number of hydrogen-bond acceptors (Lipinski definition) is 2. The Morgan fingerprint density at radius 2 is 1.64 bits per heavy atom. The molecule has 3 nitrogen and oxygen atoms in total. The number of hydrogen-bond donors (Lipinski definition) is 1. The lowest BCUT2D eigenvalue weighted by molar-refractivity contribution is 0.0696. The summed E-state index contributed by atoms with van der Waals surface area (Å²) in [6.07, 6.45) is 0. The van der Waals surface area contributed by atoms with Gasteiger partial charge < -0.3 is 9.84 Å². The van der Waals surface area contributed by atoms with Crippen LogP contribution in [0, 0.1) is 5.82 Å². The van der Waals surface area contributed by atoms with Crippen molar-refractivity contribution in [3.63, 3.8) is 0 Å². The Kier molecular flexibility index (Phi) is 10.6. The molecule has 0 aliphatic carbocycles. The first-order chi connectivity index (χ1) is 12.0. The van der Waals surface area contributed by atoms with Crippen LogP contribution in [0.15, 0.2) is 49.0 Å². The lowest BCUT2D eigenvalue weighted by Gasteiger charge is -2.10. The third-order valence-electron chi connectivity index (χ3n) is 3.00. The molecule has 4 heteroatoms. The molecule has 0 aromatic heterocycles. The number of halogens is 1. The van der Waals surface area contributed by atoms with Crippen LogP contribution in [0.25, 0.3) is 5.57 Å². The van der Waals surface area contributed by atoms with Gasteiger partial charge in [-0.25, -0.2) is 9.18 Å². The van der Waals surface area contributed by atoms with Crippen molar-refractivity contribution in [1.82, 2.24) is 0 Å². The molecule has 136 valence electrons. The molecular weight excluding hydrogens is 319 g/mol. The molecule has 0 saturated heterocycles. The van der Waals surface area contributed by atoms with Crippen LogP contribution >= 0.6 is 0 Å². The summed E-state index contributed by atoms with van der Waals surface area (Å²) in [6, 6.07) is 10.9.